The molecule has 2 saturated heterocycles. The molecule has 3 rings (SSSR count). The minimum Gasteiger partial charge on any atom is -0.381 e. The van der Waals surface area contributed by atoms with E-state index >= 15 is 0 Å². The van der Waals surface area contributed by atoms with Crippen molar-refractivity contribution in [3.8, 4) is 0 Å². The van der Waals surface area contributed by atoms with Crippen LogP contribution in [0.1, 0.15) is 32.6 Å². The number of hydrogen-bond acceptors (Lipinski definition) is 4. The molecular weight excluding hydrogens is 256 g/mol. The zero-order valence-electron chi connectivity index (χ0n) is 12.2. The molecule has 4 heteroatoms. The van der Waals surface area contributed by atoms with Gasteiger partial charge < -0.3 is 15.0 Å². The highest BCUT2D eigenvalue weighted by atomic mass is 32.2. The van der Waals surface area contributed by atoms with E-state index in [9.17, 15) is 0 Å². The van der Waals surface area contributed by atoms with Crippen molar-refractivity contribution in [3.63, 3.8) is 0 Å². The molecule has 0 bridgehead atoms. The standard InChI is InChI=1S/C15H28N2OS/c1-13-9-17(6-8-19-13)11-15(5-2-7-18-12-15)10-16-14-3-4-14/h13-14,16H,2-12H2,1H3. The summed E-state index contributed by atoms with van der Waals surface area (Å²) in [6.07, 6.45) is 5.35. The van der Waals surface area contributed by atoms with Crippen molar-refractivity contribution < 1.29 is 4.74 Å². The Balaban J connectivity index is 1.56. The zero-order chi connectivity index (χ0) is 13.1. The van der Waals surface area contributed by atoms with Gasteiger partial charge in [-0.05, 0) is 25.7 Å². The fraction of sp³-hybridized carbons (Fsp3) is 1.00. The molecule has 3 nitrogen and oxygen atoms in total. The lowest BCUT2D eigenvalue weighted by molar-refractivity contribution is -0.0258. The number of thioether (sulfide) groups is 1. The van der Waals surface area contributed by atoms with Gasteiger partial charge in [0.25, 0.3) is 0 Å². The van der Waals surface area contributed by atoms with E-state index in [1.54, 1.807) is 0 Å². The van der Waals surface area contributed by atoms with Gasteiger partial charge in [0, 0.05) is 55.2 Å². The van der Waals surface area contributed by atoms with Gasteiger partial charge in [-0.15, -0.1) is 0 Å². The van der Waals surface area contributed by atoms with Crippen molar-refractivity contribution in [2.24, 2.45) is 5.41 Å². The highest BCUT2D eigenvalue weighted by Crippen LogP contribution is 2.32. The number of ether oxygens (including phenoxy) is 1. The Morgan fingerprint density at radius 1 is 1.42 bits per heavy atom. The fourth-order valence-electron chi connectivity index (χ4n) is 3.39. The molecule has 0 aromatic rings. The van der Waals surface area contributed by atoms with Crippen LogP contribution in [0.25, 0.3) is 0 Å². The Morgan fingerprint density at radius 2 is 2.32 bits per heavy atom. The van der Waals surface area contributed by atoms with E-state index in [0.29, 0.717) is 5.41 Å². The van der Waals surface area contributed by atoms with E-state index in [1.165, 1.54) is 51.1 Å². The van der Waals surface area contributed by atoms with E-state index < -0.39 is 0 Å². The third-order valence-electron chi connectivity index (χ3n) is 4.63. The van der Waals surface area contributed by atoms with Gasteiger partial charge in [0.2, 0.25) is 0 Å². The molecule has 3 aliphatic rings. The zero-order valence-corrected chi connectivity index (χ0v) is 13.0. The van der Waals surface area contributed by atoms with Crippen LogP contribution >= 0.6 is 11.8 Å². The highest BCUT2D eigenvalue weighted by Gasteiger charge is 2.37. The maximum absolute atomic E-state index is 5.83. The summed E-state index contributed by atoms with van der Waals surface area (Å²) in [5.41, 5.74) is 0.378. The molecule has 2 atom stereocenters. The third kappa shape index (κ3) is 4.10. The maximum Gasteiger partial charge on any atom is 0.0546 e. The molecule has 2 unspecified atom stereocenters. The molecule has 3 fully saturated rings. The molecule has 0 amide bonds. The maximum atomic E-state index is 5.83. The average molecular weight is 284 g/mol. The summed E-state index contributed by atoms with van der Waals surface area (Å²) in [7, 11) is 0. The fourth-order valence-corrected chi connectivity index (χ4v) is 4.47. The van der Waals surface area contributed by atoms with Crippen LogP contribution < -0.4 is 5.32 Å². The molecule has 0 aromatic carbocycles. The van der Waals surface area contributed by atoms with Crippen LogP contribution in [0.3, 0.4) is 0 Å². The van der Waals surface area contributed by atoms with E-state index in [1.807, 2.05) is 0 Å². The first-order chi connectivity index (χ1) is 9.26. The predicted octanol–water partition coefficient (Wildman–Crippen LogP) is 1.97. The molecule has 0 radical (unpaired) electrons. The molecule has 2 heterocycles. The second kappa shape index (κ2) is 6.33. The predicted molar refractivity (Wildman–Crippen MR) is 81.9 cm³/mol. The number of hydrogen-bond donors (Lipinski definition) is 1. The number of nitrogens with zero attached hydrogens (tertiary/aromatic N) is 1. The first-order valence-corrected chi connectivity index (χ1v) is 8.96. The van der Waals surface area contributed by atoms with Crippen molar-refractivity contribution in [1.82, 2.24) is 10.2 Å². The van der Waals surface area contributed by atoms with Crippen LogP contribution in [0.2, 0.25) is 0 Å². The summed E-state index contributed by atoms with van der Waals surface area (Å²) >= 11 is 2.12. The number of rotatable bonds is 5. The first kappa shape index (κ1) is 14.2. The lowest BCUT2D eigenvalue weighted by Crippen LogP contribution is -2.51. The summed E-state index contributed by atoms with van der Waals surface area (Å²) in [6, 6.07) is 0.814. The van der Waals surface area contributed by atoms with Crippen LogP contribution in [-0.4, -0.2) is 61.3 Å². The topological polar surface area (TPSA) is 24.5 Å². The van der Waals surface area contributed by atoms with Crippen molar-refractivity contribution in [1.29, 1.82) is 0 Å². The monoisotopic (exact) mass is 284 g/mol. The molecule has 0 spiro atoms. The molecule has 110 valence electrons. The average Bonchev–Trinajstić information content (AvgIpc) is 3.22. The lowest BCUT2D eigenvalue weighted by atomic mass is 9.81. The van der Waals surface area contributed by atoms with E-state index in [0.717, 1.165) is 31.1 Å². The van der Waals surface area contributed by atoms with Gasteiger partial charge >= 0.3 is 0 Å². The smallest absolute Gasteiger partial charge is 0.0546 e. The van der Waals surface area contributed by atoms with Gasteiger partial charge in [-0.3, -0.25) is 0 Å². The van der Waals surface area contributed by atoms with E-state index in [-0.39, 0.29) is 0 Å². The van der Waals surface area contributed by atoms with Crippen LogP contribution in [0, 0.1) is 5.41 Å². The Hall–Kier alpha value is 0.230. The van der Waals surface area contributed by atoms with Gasteiger partial charge in [0.15, 0.2) is 0 Å². The van der Waals surface area contributed by atoms with E-state index in [4.69, 9.17) is 4.74 Å². The van der Waals surface area contributed by atoms with Crippen molar-refractivity contribution >= 4 is 11.8 Å². The molecule has 2 aliphatic heterocycles. The van der Waals surface area contributed by atoms with Gasteiger partial charge in [-0.2, -0.15) is 11.8 Å². The lowest BCUT2D eigenvalue weighted by Gasteiger charge is -2.43. The Morgan fingerprint density at radius 3 is 3.00 bits per heavy atom. The molecule has 1 aliphatic carbocycles. The van der Waals surface area contributed by atoms with Crippen molar-refractivity contribution in [2.45, 2.75) is 43.9 Å². The van der Waals surface area contributed by atoms with Gasteiger partial charge in [0.05, 0.1) is 6.61 Å². The summed E-state index contributed by atoms with van der Waals surface area (Å²) in [5.74, 6) is 1.30. The van der Waals surface area contributed by atoms with Gasteiger partial charge in [0.1, 0.15) is 0 Å². The van der Waals surface area contributed by atoms with Gasteiger partial charge in [-0.1, -0.05) is 6.92 Å². The van der Waals surface area contributed by atoms with Crippen LogP contribution in [0.5, 0.6) is 0 Å². The Labute approximate surface area is 121 Å². The highest BCUT2D eigenvalue weighted by molar-refractivity contribution is 7.99. The first-order valence-electron chi connectivity index (χ1n) is 7.91. The number of nitrogens with one attached hydrogen (secondary N) is 1. The largest absolute Gasteiger partial charge is 0.381 e. The second-order valence-electron chi connectivity index (χ2n) is 6.73. The summed E-state index contributed by atoms with van der Waals surface area (Å²) in [5, 5.41) is 4.55. The minimum absolute atomic E-state index is 0.378. The minimum atomic E-state index is 0.378. The van der Waals surface area contributed by atoms with Crippen LogP contribution in [0.15, 0.2) is 0 Å². The SMILES string of the molecule is CC1CN(CC2(CNC3CC3)CCCOC2)CCS1. The quantitative estimate of drug-likeness (QED) is 0.834. The molecule has 1 N–H and O–H groups in total. The second-order valence-corrected chi connectivity index (χ2v) is 8.27. The van der Waals surface area contributed by atoms with Crippen molar-refractivity contribution in [2.75, 3.05) is 45.1 Å². The molecule has 0 aromatic heterocycles. The molecular formula is C15H28N2OS. The van der Waals surface area contributed by atoms with Crippen LogP contribution in [0.4, 0.5) is 0 Å². The summed E-state index contributed by atoms with van der Waals surface area (Å²) in [4.78, 5) is 2.68. The van der Waals surface area contributed by atoms with E-state index in [2.05, 4.69) is 28.9 Å². The third-order valence-corrected chi connectivity index (χ3v) is 5.77. The van der Waals surface area contributed by atoms with Crippen LogP contribution in [-0.2, 0) is 4.74 Å². The molecule has 19 heavy (non-hydrogen) atoms. The Kier molecular flexibility index (Phi) is 4.73. The van der Waals surface area contributed by atoms with Crippen molar-refractivity contribution in [3.05, 3.63) is 0 Å². The molecule has 1 saturated carbocycles. The Bertz CT molecular complexity index is 290. The summed E-state index contributed by atoms with van der Waals surface area (Å²) in [6.45, 7) is 9.22. The normalized spacial score (nSPS) is 37.4. The summed E-state index contributed by atoms with van der Waals surface area (Å²) < 4.78 is 5.83. The van der Waals surface area contributed by atoms with Gasteiger partial charge in [-0.25, -0.2) is 0 Å².